The lowest BCUT2D eigenvalue weighted by atomic mass is 9.93. The lowest BCUT2D eigenvalue weighted by Gasteiger charge is -2.30. The minimum absolute atomic E-state index is 0.119. The molecule has 24 heavy (non-hydrogen) atoms. The van der Waals surface area contributed by atoms with Crippen LogP contribution < -0.4 is 5.43 Å². The highest BCUT2D eigenvalue weighted by Crippen LogP contribution is 2.42. The molecule has 1 heterocycles. The van der Waals surface area contributed by atoms with E-state index < -0.39 is 34.9 Å². The fraction of sp³-hybridized carbons (Fsp3) is 0.353. The number of fused-ring (bicyclic) bond motifs is 1. The second kappa shape index (κ2) is 5.44. The molecule has 128 valence electrons. The first-order valence-corrected chi connectivity index (χ1v) is 7.43. The van der Waals surface area contributed by atoms with E-state index in [1.165, 1.54) is 12.1 Å². The zero-order chi connectivity index (χ0) is 17.7. The standard InChI is InChI=1S/C17H16F4N2O/c1-16(2)9-23(22-15(16)24)14(17(19,20)21)12-8-7-10-5-3-4-6-11(10)13(12)18/h3-8,14H,9H2,1-2H3,(H,22,24). The van der Waals surface area contributed by atoms with Gasteiger partial charge in [0, 0.05) is 17.5 Å². The molecule has 3 rings (SSSR count). The molecule has 0 aliphatic carbocycles. The Bertz CT molecular complexity index is 801. The van der Waals surface area contributed by atoms with Gasteiger partial charge in [-0.25, -0.2) is 9.40 Å². The first-order chi connectivity index (χ1) is 11.1. The fourth-order valence-electron chi connectivity index (χ4n) is 2.96. The number of hydrogen-bond acceptors (Lipinski definition) is 2. The maximum absolute atomic E-state index is 14.8. The second-order valence-electron chi connectivity index (χ2n) is 6.59. The summed E-state index contributed by atoms with van der Waals surface area (Å²) in [5, 5.41) is 1.41. The molecule has 0 aromatic heterocycles. The SMILES string of the molecule is CC1(C)CN(C(c2ccc3ccccc3c2F)C(F)(F)F)NC1=O. The molecule has 0 bridgehead atoms. The number of hydrazine groups is 1. The Morgan fingerprint density at radius 1 is 1.17 bits per heavy atom. The quantitative estimate of drug-likeness (QED) is 0.840. The number of halogens is 4. The lowest BCUT2D eigenvalue weighted by Crippen LogP contribution is -2.44. The van der Waals surface area contributed by atoms with Crippen molar-refractivity contribution in [3.05, 3.63) is 47.8 Å². The van der Waals surface area contributed by atoms with Crippen molar-refractivity contribution >= 4 is 16.7 Å². The molecule has 7 heteroatoms. The van der Waals surface area contributed by atoms with Crippen LogP contribution >= 0.6 is 0 Å². The van der Waals surface area contributed by atoms with Gasteiger partial charge < -0.3 is 0 Å². The van der Waals surface area contributed by atoms with Crippen LogP contribution in [-0.4, -0.2) is 23.6 Å². The summed E-state index contributed by atoms with van der Waals surface area (Å²) in [5.74, 6) is -1.44. The zero-order valence-electron chi connectivity index (χ0n) is 13.1. The highest BCUT2D eigenvalue weighted by atomic mass is 19.4. The third-order valence-electron chi connectivity index (χ3n) is 4.23. The molecule has 0 saturated carbocycles. The summed E-state index contributed by atoms with van der Waals surface area (Å²) in [4.78, 5) is 11.9. The number of nitrogens with zero attached hydrogens (tertiary/aromatic N) is 1. The number of alkyl halides is 3. The van der Waals surface area contributed by atoms with Crippen LogP contribution in [0.5, 0.6) is 0 Å². The van der Waals surface area contributed by atoms with Gasteiger partial charge >= 0.3 is 6.18 Å². The van der Waals surface area contributed by atoms with Crippen LogP contribution in [0.1, 0.15) is 25.5 Å². The van der Waals surface area contributed by atoms with Crippen molar-refractivity contribution in [1.82, 2.24) is 10.4 Å². The molecule has 2 aromatic rings. The van der Waals surface area contributed by atoms with Crippen LogP contribution in [0.2, 0.25) is 0 Å². The van der Waals surface area contributed by atoms with E-state index in [4.69, 9.17) is 0 Å². The van der Waals surface area contributed by atoms with Crippen LogP contribution in [0.15, 0.2) is 36.4 Å². The summed E-state index contributed by atoms with van der Waals surface area (Å²) in [6.45, 7) is 2.93. The Balaban J connectivity index is 2.12. The number of benzene rings is 2. The summed E-state index contributed by atoms with van der Waals surface area (Å²) in [5.41, 5.74) is 0.756. The Morgan fingerprint density at radius 3 is 2.42 bits per heavy atom. The summed E-state index contributed by atoms with van der Waals surface area (Å²) >= 11 is 0. The Kier molecular flexibility index (Phi) is 3.79. The number of nitrogens with one attached hydrogen (secondary N) is 1. The van der Waals surface area contributed by atoms with E-state index >= 15 is 0 Å². The number of carbonyl (C=O) groups excluding carboxylic acids is 1. The van der Waals surface area contributed by atoms with E-state index in [0.29, 0.717) is 5.39 Å². The lowest BCUT2D eigenvalue weighted by molar-refractivity contribution is -0.192. The van der Waals surface area contributed by atoms with E-state index in [1.807, 2.05) is 0 Å². The predicted molar refractivity (Wildman–Crippen MR) is 81.3 cm³/mol. The average molecular weight is 340 g/mol. The van der Waals surface area contributed by atoms with Crippen LogP contribution in [-0.2, 0) is 4.79 Å². The van der Waals surface area contributed by atoms with Gasteiger partial charge in [0.1, 0.15) is 5.82 Å². The molecule has 0 radical (unpaired) electrons. The number of amides is 1. The van der Waals surface area contributed by atoms with Gasteiger partial charge in [0.25, 0.3) is 0 Å². The number of hydrogen-bond donors (Lipinski definition) is 1. The van der Waals surface area contributed by atoms with E-state index in [-0.39, 0.29) is 11.9 Å². The van der Waals surface area contributed by atoms with Crippen molar-refractivity contribution in [3.8, 4) is 0 Å². The Hall–Kier alpha value is -2.15. The third-order valence-corrected chi connectivity index (χ3v) is 4.23. The first kappa shape index (κ1) is 16.7. The summed E-state index contributed by atoms with van der Waals surface area (Å²) in [7, 11) is 0. The molecule has 1 fully saturated rings. The maximum Gasteiger partial charge on any atom is 0.409 e. The van der Waals surface area contributed by atoms with Gasteiger partial charge in [-0.3, -0.25) is 10.2 Å². The van der Waals surface area contributed by atoms with Gasteiger partial charge in [-0.1, -0.05) is 36.4 Å². The molecule has 2 aromatic carbocycles. The molecule has 3 nitrogen and oxygen atoms in total. The van der Waals surface area contributed by atoms with Crippen LogP contribution in [0.25, 0.3) is 10.8 Å². The first-order valence-electron chi connectivity index (χ1n) is 7.43. The molecule has 0 spiro atoms. The minimum atomic E-state index is -4.74. The van der Waals surface area contributed by atoms with Crippen molar-refractivity contribution in [2.45, 2.75) is 26.1 Å². The maximum atomic E-state index is 14.8. The van der Waals surface area contributed by atoms with Gasteiger partial charge in [0.05, 0.1) is 5.41 Å². The summed E-state index contributed by atoms with van der Waals surface area (Å²) in [6, 6.07) is 6.67. The van der Waals surface area contributed by atoms with Crippen molar-refractivity contribution in [2.24, 2.45) is 5.41 Å². The summed E-state index contributed by atoms with van der Waals surface area (Å²) in [6.07, 6.45) is -4.74. The smallest absolute Gasteiger partial charge is 0.287 e. The molecule has 1 amide bonds. The Morgan fingerprint density at radius 2 is 1.83 bits per heavy atom. The number of rotatable bonds is 2. The fourth-order valence-corrected chi connectivity index (χ4v) is 2.96. The third kappa shape index (κ3) is 2.73. The monoisotopic (exact) mass is 340 g/mol. The van der Waals surface area contributed by atoms with Crippen molar-refractivity contribution in [3.63, 3.8) is 0 Å². The molecular formula is C17H16F4N2O. The molecule has 1 atom stereocenters. The molecule has 1 saturated heterocycles. The van der Waals surface area contributed by atoms with Gasteiger partial charge in [-0.2, -0.15) is 13.2 Å². The van der Waals surface area contributed by atoms with Crippen LogP contribution in [0.3, 0.4) is 0 Å². The average Bonchev–Trinajstić information content (AvgIpc) is 2.74. The van der Waals surface area contributed by atoms with Gasteiger partial charge in [-0.15, -0.1) is 0 Å². The second-order valence-corrected chi connectivity index (χ2v) is 6.59. The van der Waals surface area contributed by atoms with E-state index in [2.05, 4.69) is 5.43 Å². The minimum Gasteiger partial charge on any atom is -0.287 e. The van der Waals surface area contributed by atoms with Crippen molar-refractivity contribution in [1.29, 1.82) is 0 Å². The highest BCUT2D eigenvalue weighted by Gasteiger charge is 2.52. The molecular weight excluding hydrogens is 324 g/mol. The van der Waals surface area contributed by atoms with E-state index in [0.717, 1.165) is 11.1 Å². The van der Waals surface area contributed by atoms with E-state index in [1.54, 1.807) is 32.0 Å². The predicted octanol–water partition coefficient (Wildman–Crippen LogP) is 3.96. The summed E-state index contributed by atoms with van der Waals surface area (Å²) < 4.78 is 55.7. The molecule has 1 aliphatic rings. The van der Waals surface area contributed by atoms with Crippen LogP contribution in [0.4, 0.5) is 17.6 Å². The van der Waals surface area contributed by atoms with Crippen molar-refractivity contribution in [2.75, 3.05) is 6.54 Å². The highest BCUT2D eigenvalue weighted by molar-refractivity contribution is 5.85. The topological polar surface area (TPSA) is 32.3 Å². The van der Waals surface area contributed by atoms with E-state index in [9.17, 15) is 22.4 Å². The van der Waals surface area contributed by atoms with Crippen LogP contribution in [0, 0.1) is 11.2 Å². The zero-order valence-corrected chi connectivity index (χ0v) is 13.1. The largest absolute Gasteiger partial charge is 0.409 e. The van der Waals surface area contributed by atoms with Gasteiger partial charge in [0.15, 0.2) is 6.04 Å². The van der Waals surface area contributed by atoms with Gasteiger partial charge in [0.2, 0.25) is 5.91 Å². The van der Waals surface area contributed by atoms with Gasteiger partial charge in [-0.05, 0) is 19.2 Å². The normalized spacial score (nSPS) is 19.5. The molecule has 1 N–H and O–H groups in total. The van der Waals surface area contributed by atoms with Crippen molar-refractivity contribution < 1.29 is 22.4 Å². The molecule has 1 unspecified atom stereocenters. The molecule has 1 aliphatic heterocycles. The Labute approximate surface area is 136 Å². The number of carbonyl (C=O) groups is 1.